The Balaban J connectivity index is 2.35. The minimum atomic E-state index is -5.14. The van der Waals surface area contributed by atoms with Crippen LogP contribution in [0.5, 0.6) is 0 Å². The Kier molecular flexibility index (Phi) is 9.92. The van der Waals surface area contributed by atoms with E-state index in [2.05, 4.69) is 15.9 Å². The number of carbonyl (C=O) groups is 2. The molecule has 208 valence electrons. The monoisotopic (exact) mass is 638 g/mol. The number of allylic oxidation sites excluding steroid dienone is 1. The van der Waals surface area contributed by atoms with E-state index in [1.54, 1.807) is 0 Å². The van der Waals surface area contributed by atoms with Crippen molar-refractivity contribution in [1.29, 1.82) is 0 Å². The maximum absolute atomic E-state index is 13.7. The van der Waals surface area contributed by atoms with Crippen molar-refractivity contribution < 1.29 is 49.1 Å². The fourth-order valence-corrected chi connectivity index (χ4v) is 4.04. The van der Waals surface area contributed by atoms with E-state index in [9.17, 15) is 49.1 Å². The van der Waals surface area contributed by atoms with Crippen LogP contribution in [0.15, 0.2) is 46.9 Å². The molecule has 0 saturated heterocycles. The van der Waals surface area contributed by atoms with Crippen molar-refractivity contribution in [3.63, 3.8) is 0 Å². The Labute approximate surface area is 223 Å². The average molecular weight is 640 g/mol. The van der Waals surface area contributed by atoms with Gasteiger partial charge in [-0.25, -0.2) is 0 Å². The molecule has 0 saturated carbocycles. The van der Waals surface area contributed by atoms with Crippen LogP contribution in [-0.4, -0.2) is 36.8 Å². The Hall–Kier alpha value is -2.74. The lowest BCUT2D eigenvalue weighted by Crippen LogP contribution is -2.47. The molecule has 0 radical (unpaired) electrons. The van der Waals surface area contributed by atoms with Gasteiger partial charge in [-0.1, -0.05) is 45.7 Å². The predicted octanol–water partition coefficient (Wildman–Crippen LogP) is 7.28. The number of amides is 2. The van der Waals surface area contributed by atoms with E-state index in [0.717, 1.165) is 31.2 Å². The maximum atomic E-state index is 13.7. The van der Waals surface area contributed by atoms with E-state index in [0.29, 0.717) is 18.2 Å². The second-order valence-corrected chi connectivity index (χ2v) is 9.26. The van der Waals surface area contributed by atoms with Crippen LogP contribution in [0.2, 0.25) is 5.02 Å². The molecule has 0 aliphatic rings. The highest BCUT2D eigenvalue weighted by Gasteiger charge is 2.40. The van der Waals surface area contributed by atoms with E-state index in [-0.39, 0.29) is 20.6 Å². The van der Waals surface area contributed by atoms with Gasteiger partial charge in [-0.15, -0.1) is 0 Å². The van der Waals surface area contributed by atoms with Gasteiger partial charge in [0.2, 0.25) is 5.91 Å². The standard InChI is InChI=1S/C23H17BrClF9N2O2/c1-11(19(37)35-10-21(26,27)28)36-20(38)16-4-2-12(6-18(16)23(32,33)34)3-5-17(22(29,30)31)13-7-14(24)9-15(25)8-13/h2-9,11,17H,10H2,1H3,(H,35,37)(H,36,38)/b5-3+. The average Bonchev–Trinajstić information content (AvgIpc) is 2.74. The van der Waals surface area contributed by atoms with Crippen LogP contribution in [-0.2, 0) is 11.0 Å². The lowest BCUT2D eigenvalue weighted by Gasteiger charge is -2.19. The molecule has 0 fully saturated rings. The number of benzene rings is 2. The fraction of sp³-hybridized carbons (Fsp3) is 0.304. The first-order valence-electron chi connectivity index (χ1n) is 10.4. The summed E-state index contributed by atoms with van der Waals surface area (Å²) in [4.78, 5) is 24.1. The zero-order valence-electron chi connectivity index (χ0n) is 19.0. The van der Waals surface area contributed by atoms with Crippen molar-refractivity contribution >= 4 is 45.4 Å². The summed E-state index contributed by atoms with van der Waals surface area (Å²) in [5.74, 6) is -4.96. The molecule has 2 rings (SSSR count). The van der Waals surface area contributed by atoms with Gasteiger partial charge in [-0.2, -0.15) is 39.5 Å². The number of carbonyl (C=O) groups excluding carboxylic acids is 2. The summed E-state index contributed by atoms with van der Waals surface area (Å²) in [6.07, 6.45) is -13.3. The van der Waals surface area contributed by atoms with Crippen molar-refractivity contribution in [2.45, 2.75) is 37.4 Å². The van der Waals surface area contributed by atoms with E-state index in [1.165, 1.54) is 11.4 Å². The van der Waals surface area contributed by atoms with Crippen molar-refractivity contribution in [3.05, 3.63) is 74.2 Å². The van der Waals surface area contributed by atoms with Crippen LogP contribution in [0, 0.1) is 0 Å². The Morgan fingerprint density at radius 3 is 2.16 bits per heavy atom. The molecule has 2 amide bonds. The number of halogens is 11. The first kappa shape index (κ1) is 31.5. The molecule has 2 atom stereocenters. The third-order valence-electron chi connectivity index (χ3n) is 4.88. The summed E-state index contributed by atoms with van der Waals surface area (Å²) in [6, 6.07) is 3.97. The van der Waals surface area contributed by atoms with Gasteiger partial charge < -0.3 is 10.6 Å². The minimum Gasteiger partial charge on any atom is -0.345 e. The number of hydrogen-bond donors (Lipinski definition) is 2. The molecule has 0 aromatic heterocycles. The Morgan fingerprint density at radius 2 is 1.63 bits per heavy atom. The van der Waals surface area contributed by atoms with Crippen molar-refractivity contribution in [3.8, 4) is 0 Å². The van der Waals surface area contributed by atoms with E-state index in [1.807, 2.05) is 5.32 Å². The molecular formula is C23H17BrClF9N2O2. The molecule has 0 bridgehead atoms. The summed E-state index contributed by atoms with van der Waals surface area (Å²) >= 11 is 8.84. The van der Waals surface area contributed by atoms with Crippen LogP contribution in [0.4, 0.5) is 39.5 Å². The predicted molar refractivity (Wildman–Crippen MR) is 124 cm³/mol. The third kappa shape index (κ3) is 9.22. The molecule has 2 aromatic carbocycles. The quantitative estimate of drug-likeness (QED) is 0.313. The second kappa shape index (κ2) is 12.0. The normalized spacial score (nSPS) is 14.3. The smallest absolute Gasteiger partial charge is 0.345 e. The summed E-state index contributed by atoms with van der Waals surface area (Å²) < 4.78 is 119. The van der Waals surface area contributed by atoms with Crippen LogP contribution >= 0.6 is 27.5 Å². The van der Waals surface area contributed by atoms with Gasteiger partial charge in [-0.3, -0.25) is 9.59 Å². The highest BCUT2D eigenvalue weighted by Crippen LogP contribution is 2.39. The topological polar surface area (TPSA) is 58.2 Å². The van der Waals surface area contributed by atoms with Crippen LogP contribution in [0.1, 0.15) is 39.9 Å². The molecule has 38 heavy (non-hydrogen) atoms. The van der Waals surface area contributed by atoms with Gasteiger partial charge >= 0.3 is 18.5 Å². The number of hydrogen-bond acceptors (Lipinski definition) is 2. The van der Waals surface area contributed by atoms with Gasteiger partial charge in [0.25, 0.3) is 5.91 Å². The molecule has 0 heterocycles. The fourth-order valence-electron chi connectivity index (χ4n) is 3.15. The molecule has 2 N–H and O–H groups in total. The molecule has 2 aromatic rings. The number of nitrogens with one attached hydrogen (secondary N) is 2. The minimum absolute atomic E-state index is 0.00642. The number of alkyl halides is 9. The van der Waals surface area contributed by atoms with E-state index < -0.39 is 60.0 Å². The van der Waals surface area contributed by atoms with Crippen LogP contribution < -0.4 is 10.6 Å². The summed E-state index contributed by atoms with van der Waals surface area (Å²) in [6.45, 7) is -0.759. The van der Waals surface area contributed by atoms with Crippen molar-refractivity contribution in [2.24, 2.45) is 0 Å². The lowest BCUT2D eigenvalue weighted by atomic mass is 9.96. The zero-order chi connectivity index (χ0) is 29.1. The molecule has 0 spiro atoms. The van der Waals surface area contributed by atoms with Gasteiger partial charge in [0.05, 0.1) is 17.0 Å². The zero-order valence-corrected chi connectivity index (χ0v) is 21.3. The van der Waals surface area contributed by atoms with E-state index >= 15 is 0 Å². The SMILES string of the molecule is CC(NC(=O)c1ccc(/C=C/C(c2cc(Cl)cc(Br)c2)C(F)(F)F)cc1C(F)(F)F)C(=O)NCC(F)(F)F. The highest BCUT2D eigenvalue weighted by molar-refractivity contribution is 9.10. The van der Waals surface area contributed by atoms with Crippen LogP contribution in [0.3, 0.4) is 0 Å². The van der Waals surface area contributed by atoms with Gasteiger partial charge in [0.1, 0.15) is 12.6 Å². The first-order chi connectivity index (χ1) is 17.3. The highest BCUT2D eigenvalue weighted by atomic mass is 79.9. The molecule has 0 aliphatic carbocycles. The molecular weight excluding hydrogens is 623 g/mol. The summed E-state index contributed by atoms with van der Waals surface area (Å²) in [5.41, 5.74) is -3.14. The first-order valence-corrected chi connectivity index (χ1v) is 11.5. The largest absolute Gasteiger partial charge is 0.417 e. The summed E-state index contributed by atoms with van der Waals surface area (Å²) in [5, 5.41) is 3.34. The lowest BCUT2D eigenvalue weighted by molar-refractivity contribution is -0.139. The molecule has 0 aliphatic heterocycles. The molecule has 15 heteroatoms. The molecule has 2 unspecified atom stereocenters. The maximum Gasteiger partial charge on any atom is 0.417 e. The van der Waals surface area contributed by atoms with Gasteiger partial charge in [0.15, 0.2) is 0 Å². The van der Waals surface area contributed by atoms with Gasteiger partial charge in [0, 0.05) is 9.50 Å². The Bertz CT molecular complexity index is 1190. The second-order valence-electron chi connectivity index (χ2n) is 7.91. The van der Waals surface area contributed by atoms with Crippen molar-refractivity contribution in [2.75, 3.05) is 6.54 Å². The third-order valence-corrected chi connectivity index (χ3v) is 5.55. The Morgan fingerprint density at radius 1 is 1.00 bits per heavy atom. The van der Waals surface area contributed by atoms with Crippen molar-refractivity contribution in [1.82, 2.24) is 10.6 Å². The van der Waals surface area contributed by atoms with Gasteiger partial charge in [-0.05, 0) is 48.4 Å². The van der Waals surface area contributed by atoms with Crippen LogP contribution in [0.25, 0.3) is 6.08 Å². The summed E-state index contributed by atoms with van der Waals surface area (Å²) in [7, 11) is 0. The number of rotatable bonds is 7. The van der Waals surface area contributed by atoms with E-state index in [4.69, 9.17) is 11.6 Å². The molecule has 4 nitrogen and oxygen atoms in total.